The Morgan fingerprint density at radius 1 is 1.21 bits per heavy atom. The second-order valence-corrected chi connectivity index (χ2v) is 11.0. The number of nitrogens with one attached hydrogen (secondary N) is 1. The number of carbonyl (C=O) groups is 1. The second-order valence-electron chi connectivity index (χ2n) is 6.90. The van der Waals surface area contributed by atoms with Crippen molar-refractivity contribution in [3.8, 4) is 0 Å². The van der Waals surface area contributed by atoms with Gasteiger partial charge in [0, 0.05) is 17.9 Å². The molecule has 0 aliphatic heterocycles. The zero-order valence-corrected chi connectivity index (χ0v) is 20.2. The number of nitrogens with zero attached hydrogens (tertiary/aromatic N) is 4. The predicted octanol–water partition coefficient (Wildman–Crippen LogP) is 3.92. The highest BCUT2D eigenvalue weighted by Gasteiger charge is 2.32. The molecule has 1 amide bonds. The van der Waals surface area contributed by atoms with Crippen LogP contribution in [-0.2, 0) is 20.6 Å². The van der Waals surface area contributed by atoms with E-state index in [4.69, 9.17) is 0 Å². The lowest BCUT2D eigenvalue weighted by Crippen LogP contribution is -2.47. The largest absolute Gasteiger partial charge is 0.299 e. The van der Waals surface area contributed by atoms with Crippen molar-refractivity contribution in [1.29, 1.82) is 0 Å². The molecule has 1 N–H and O–H groups in total. The van der Waals surface area contributed by atoms with Crippen molar-refractivity contribution in [2.24, 2.45) is 0 Å². The number of rotatable bonds is 10. The smallest absolute Gasteiger partial charge is 0.271 e. The van der Waals surface area contributed by atoms with Crippen molar-refractivity contribution >= 4 is 55.5 Å². The number of hydrogen-bond acceptors (Lipinski definition) is 9. The van der Waals surface area contributed by atoms with Crippen LogP contribution in [0, 0.1) is 10.1 Å². The molecule has 0 saturated heterocycles. The minimum Gasteiger partial charge on any atom is -0.299 e. The summed E-state index contributed by atoms with van der Waals surface area (Å²) >= 11 is 2.65. The summed E-state index contributed by atoms with van der Waals surface area (Å²) in [6.07, 6.45) is 1.08. The molecule has 0 aliphatic rings. The first-order valence-corrected chi connectivity index (χ1v) is 13.4. The van der Waals surface area contributed by atoms with Gasteiger partial charge in [-0.25, -0.2) is 8.42 Å². The third-order valence-electron chi connectivity index (χ3n) is 4.47. The number of benzene rings is 2. The van der Waals surface area contributed by atoms with Gasteiger partial charge in [-0.3, -0.25) is 24.5 Å². The first kappa shape index (κ1) is 24.6. The van der Waals surface area contributed by atoms with Crippen molar-refractivity contribution in [3.05, 3.63) is 70.3 Å². The molecule has 174 valence electrons. The molecule has 1 aromatic heterocycles. The SMILES string of the molecule is CC[C@@H](C(=O)Nc1nnc(SCc2ccccc2)s1)N(c1cccc([N+](=O)[O-])c1)S(C)(=O)=O. The zero-order valence-electron chi connectivity index (χ0n) is 17.7. The van der Waals surface area contributed by atoms with Crippen molar-refractivity contribution in [3.63, 3.8) is 0 Å². The molecule has 3 rings (SSSR count). The average molecular weight is 508 g/mol. The van der Waals surface area contributed by atoms with Crippen LogP contribution in [0.5, 0.6) is 0 Å². The Morgan fingerprint density at radius 3 is 2.58 bits per heavy atom. The van der Waals surface area contributed by atoms with Crippen molar-refractivity contribution in [1.82, 2.24) is 10.2 Å². The highest BCUT2D eigenvalue weighted by molar-refractivity contribution is 8.00. The summed E-state index contributed by atoms with van der Waals surface area (Å²) in [5.41, 5.74) is 0.876. The number of aromatic nitrogens is 2. The molecule has 3 aromatic rings. The first-order chi connectivity index (χ1) is 15.7. The fraction of sp³-hybridized carbons (Fsp3) is 0.250. The van der Waals surface area contributed by atoms with Gasteiger partial charge in [0.25, 0.3) is 5.69 Å². The minimum atomic E-state index is -3.93. The summed E-state index contributed by atoms with van der Waals surface area (Å²) in [4.78, 5) is 23.5. The van der Waals surface area contributed by atoms with Crippen LogP contribution in [0.2, 0.25) is 0 Å². The van der Waals surface area contributed by atoms with Crippen LogP contribution in [-0.4, -0.2) is 41.7 Å². The van der Waals surface area contributed by atoms with E-state index in [-0.39, 0.29) is 22.9 Å². The van der Waals surface area contributed by atoms with Crippen molar-refractivity contribution < 1.29 is 18.1 Å². The van der Waals surface area contributed by atoms with Gasteiger partial charge in [0.05, 0.1) is 16.9 Å². The van der Waals surface area contributed by atoms with E-state index >= 15 is 0 Å². The highest BCUT2D eigenvalue weighted by Crippen LogP contribution is 2.30. The number of sulfonamides is 1. The van der Waals surface area contributed by atoms with E-state index in [1.165, 1.54) is 41.3 Å². The first-order valence-electron chi connectivity index (χ1n) is 9.74. The van der Waals surface area contributed by atoms with E-state index < -0.39 is 26.9 Å². The number of non-ortho nitro benzene ring substituents is 1. The summed E-state index contributed by atoms with van der Waals surface area (Å²) in [5.74, 6) is 0.0838. The summed E-state index contributed by atoms with van der Waals surface area (Å²) in [7, 11) is -3.93. The highest BCUT2D eigenvalue weighted by atomic mass is 32.2. The number of amides is 1. The molecule has 13 heteroatoms. The van der Waals surface area contributed by atoms with Crippen molar-refractivity contribution in [2.45, 2.75) is 29.5 Å². The van der Waals surface area contributed by atoms with Crippen molar-refractivity contribution in [2.75, 3.05) is 15.9 Å². The van der Waals surface area contributed by atoms with Gasteiger partial charge in [-0.1, -0.05) is 66.4 Å². The van der Waals surface area contributed by atoms with Crippen LogP contribution in [0.15, 0.2) is 58.9 Å². The van der Waals surface area contributed by atoms with Crippen LogP contribution in [0.1, 0.15) is 18.9 Å². The maximum Gasteiger partial charge on any atom is 0.271 e. The molecule has 33 heavy (non-hydrogen) atoms. The van der Waals surface area contributed by atoms with E-state index in [2.05, 4.69) is 15.5 Å². The Hall–Kier alpha value is -3.03. The minimum absolute atomic E-state index is 0.0325. The number of hydrogen-bond donors (Lipinski definition) is 1. The van der Waals surface area contributed by atoms with Gasteiger partial charge < -0.3 is 0 Å². The molecule has 1 atom stereocenters. The number of nitro benzene ring substituents is 1. The molecule has 0 radical (unpaired) electrons. The van der Waals surface area contributed by atoms with Gasteiger partial charge >= 0.3 is 0 Å². The topological polar surface area (TPSA) is 135 Å². The number of thioether (sulfide) groups is 1. The lowest BCUT2D eigenvalue weighted by atomic mass is 10.2. The lowest BCUT2D eigenvalue weighted by molar-refractivity contribution is -0.384. The molecule has 0 bridgehead atoms. The van der Waals surface area contributed by atoms with E-state index in [1.807, 2.05) is 30.3 Å². The van der Waals surface area contributed by atoms with E-state index in [1.54, 1.807) is 6.92 Å². The molecular weight excluding hydrogens is 486 g/mol. The van der Waals surface area contributed by atoms with Gasteiger partial charge in [0.1, 0.15) is 6.04 Å². The van der Waals surface area contributed by atoms with Crippen LogP contribution < -0.4 is 9.62 Å². The maximum atomic E-state index is 13.0. The summed E-state index contributed by atoms with van der Waals surface area (Å²) in [5, 5.41) is 22.0. The number of nitro groups is 1. The Kier molecular flexibility index (Phi) is 8.00. The summed E-state index contributed by atoms with van der Waals surface area (Å²) in [6, 6.07) is 13.8. The van der Waals surface area contributed by atoms with Crippen LogP contribution in [0.4, 0.5) is 16.5 Å². The zero-order chi connectivity index (χ0) is 24.0. The molecule has 10 nitrogen and oxygen atoms in total. The standard InChI is InChI=1S/C20H21N5O5S3/c1-3-17(24(33(2,29)30)15-10-7-11-16(12-15)25(27)28)18(26)21-19-22-23-20(32-19)31-13-14-8-5-4-6-9-14/h4-12,17H,3,13H2,1-2H3,(H,21,22,26)/t17-/m0/s1. The molecule has 0 spiro atoms. The maximum absolute atomic E-state index is 13.0. The number of anilines is 2. The molecule has 2 aromatic carbocycles. The number of carbonyl (C=O) groups excluding carboxylic acids is 1. The average Bonchev–Trinajstić information content (AvgIpc) is 3.23. The van der Waals surface area contributed by atoms with Gasteiger partial charge in [-0.2, -0.15) is 0 Å². The van der Waals surface area contributed by atoms with Gasteiger partial charge in [0.2, 0.25) is 21.1 Å². The Labute approximate surface area is 199 Å². The van der Waals surface area contributed by atoms with Gasteiger partial charge in [-0.05, 0) is 18.1 Å². The third-order valence-corrected chi connectivity index (χ3v) is 7.69. The Morgan fingerprint density at radius 2 is 1.94 bits per heavy atom. The Balaban J connectivity index is 1.77. The monoisotopic (exact) mass is 507 g/mol. The van der Waals surface area contributed by atoms with Gasteiger partial charge in [0.15, 0.2) is 4.34 Å². The van der Waals surface area contributed by atoms with Crippen LogP contribution in [0.25, 0.3) is 0 Å². The van der Waals surface area contributed by atoms with E-state index in [0.717, 1.165) is 22.2 Å². The lowest BCUT2D eigenvalue weighted by Gasteiger charge is -2.29. The van der Waals surface area contributed by atoms with Crippen LogP contribution in [0.3, 0.4) is 0 Å². The molecule has 0 unspecified atom stereocenters. The molecule has 0 saturated carbocycles. The van der Waals surface area contributed by atoms with E-state index in [9.17, 15) is 23.3 Å². The Bertz CT molecular complexity index is 1230. The quantitative estimate of drug-likeness (QED) is 0.189. The fourth-order valence-corrected chi connectivity index (χ4v) is 5.94. The molecule has 1 heterocycles. The van der Waals surface area contributed by atoms with E-state index in [0.29, 0.717) is 10.1 Å². The fourth-order valence-electron chi connectivity index (χ4n) is 3.03. The summed E-state index contributed by atoms with van der Waals surface area (Å²) in [6.45, 7) is 1.65. The van der Waals surface area contributed by atoms with Crippen LogP contribution >= 0.6 is 23.1 Å². The molecular formula is C20H21N5O5S3. The third kappa shape index (κ3) is 6.49. The normalized spacial score (nSPS) is 12.2. The van der Waals surface area contributed by atoms with Gasteiger partial charge in [-0.15, -0.1) is 10.2 Å². The second kappa shape index (κ2) is 10.7. The molecule has 0 fully saturated rings. The predicted molar refractivity (Wildman–Crippen MR) is 129 cm³/mol. The molecule has 0 aliphatic carbocycles. The summed E-state index contributed by atoms with van der Waals surface area (Å²) < 4.78 is 26.6.